The molecule has 0 aromatic heterocycles. The maximum absolute atomic E-state index is 13.4. The Bertz CT molecular complexity index is 367. The van der Waals surface area contributed by atoms with Crippen molar-refractivity contribution in [2.24, 2.45) is 5.92 Å². The lowest BCUT2D eigenvalue weighted by atomic mass is 10.2. The van der Waals surface area contributed by atoms with Crippen molar-refractivity contribution in [1.29, 1.82) is 0 Å². The number of aliphatic hydroxyl groups is 1. The van der Waals surface area contributed by atoms with Crippen LogP contribution in [-0.4, -0.2) is 24.4 Å². The second-order valence-corrected chi connectivity index (χ2v) is 4.98. The van der Waals surface area contributed by atoms with Crippen LogP contribution in [0, 0.1) is 11.7 Å². The second-order valence-electron chi connectivity index (χ2n) is 4.98. The zero-order valence-corrected chi connectivity index (χ0v) is 11.2. The van der Waals surface area contributed by atoms with E-state index in [0.717, 1.165) is 12.1 Å². The summed E-state index contributed by atoms with van der Waals surface area (Å²) in [5.74, 6) is 0.696. The first kappa shape index (κ1) is 14.9. The van der Waals surface area contributed by atoms with Crippen molar-refractivity contribution in [3.8, 4) is 5.75 Å². The molecule has 4 heteroatoms. The van der Waals surface area contributed by atoms with E-state index in [1.807, 2.05) is 0 Å². The molecule has 1 unspecified atom stereocenters. The van der Waals surface area contributed by atoms with Crippen LogP contribution in [0.25, 0.3) is 0 Å². The van der Waals surface area contributed by atoms with Crippen LogP contribution in [-0.2, 0) is 6.54 Å². The molecule has 1 rings (SSSR count). The molecule has 0 radical (unpaired) electrons. The second kappa shape index (κ2) is 7.34. The molecule has 1 aromatic rings. The Kier molecular flexibility index (Phi) is 6.09. The maximum Gasteiger partial charge on any atom is 0.127 e. The van der Waals surface area contributed by atoms with E-state index in [-0.39, 0.29) is 12.4 Å². The minimum atomic E-state index is -0.559. The monoisotopic (exact) mass is 255 g/mol. The largest absolute Gasteiger partial charge is 0.491 e. The van der Waals surface area contributed by atoms with Crippen LogP contribution in [0.15, 0.2) is 18.2 Å². The molecule has 0 aliphatic heterocycles. The molecule has 0 amide bonds. The van der Waals surface area contributed by atoms with Crippen LogP contribution >= 0.6 is 0 Å². The fourth-order valence-electron chi connectivity index (χ4n) is 1.53. The van der Waals surface area contributed by atoms with Crippen molar-refractivity contribution < 1.29 is 14.2 Å². The summed E-state index contributed by atoms with van der Waals surface area (Å²) in [6, 6.07) is 4.61. The summed E-state index contributed by atoms with van der Waals surface area (Å²) < 4.78 is 18.7. The number of halogens is 1. The fraction of sp³-hybridized carbons (Fsp3) is 0.571. The Balaban J connectivity index is 2.57. The Morgan fingerprint density at radius 2 is 2.00 bits per heavy atom. The predicted octanol–water partition coefficient (Wildman–Crippen LogP) is 2.33. The highest BCUT2D eigenvalue weighted by molar-refractivity contribution is 5.29. The summed E-state index contributed by atoms with van der Waals surface area (Å²) in [6.45, 7) is 7.54. The molecule has 18 heavy (non-hydrogen) atoms. The van der Waals surface area contributed by atoms with Crippen molar-refractivity contribution in [3.05, 3.63) is 29.6 Å². The smallest absolute Gasteiger partial charge is 0.127 e. The first-order chi connectivity index (χ1) is 8.47. The molecule has 0 saturated carbocycles. The number of rotatable bonds is 7. The molecular weight excluding hydrogens is 233 g/mol. The van der Waals surface area contributed by atoms with Gasteiger partial charge in [0, 0.05) is 12.6 Å². The average Bonchev–Trinajstić information content (AvgIpc) is 2.25. The van der Waals surface area contributed by atoms with E-state index in [1.54, 1.807) is 13.0 Å². The molecular formula is C14H22FNO2. The Morgan fingerprint density at radius 1 is 1.28 bits per heavy atom. The summed E-state index contributed by atoms with van der Waals surface area (Å²) in [6.07, 6.45) is -0.559. The van der Waals surface area contributed by atoms with Crippen LogP contribution < -0.4 is 10.1 Å². The third-order valence-corrected chi connectivity index (χ3v) is 2.30. The van der Waals surface area contributed by atoms with Gasteiger partial charge in [0.05, 0.1) is 6.10 Å². The lowest BCUT2D eigenvalue weighted by molar-refractivity contribution is 0.122. The molecule has 0 fully saturated rings. The van der Waals surface area contributed by atoms with Crippen molar-refractivity contribution >= 4 is 0 Å². The first-order valence-corrected chi connectivity index (χ1v) is 6.28. The normalized spacial score (nSPS) is 12.8. The molecule has 0 bridgehead atoms. The third kappa shape index (κ3) is 5.98. The minimum Gasteiger partial charge on any atom is -0.491 e. The Labute approximate surface area is 108 Å². The zero-order valence-electron chi connectivity index (χ0n) is 11.2. The average molecular weight is 255 g/mol. The van der Waals surface area contributed by atoms with Crippen LogP contribution in [0.2, 0.25) is 0 Å². The van der Waals surface area contributed by atoms with Crippen molar-refractivity contribution in [3.63, 3.8) is 0 Å². The van der Waals surface area contributed by atoms with E-state index in [2.05, 4.69) is 19.2 Å². The van der Waals surface area contributed by atoms with Gasteiger partial charge in [-0.15, -0.1) is 0 Å². The highest BCUT2D eigenvalue weighted by atomic mass is 19.1. The number of ether oxygens (including phenoxy) is 1. The zero-order chi connectivity index (χ0) is 13.5. The van der Waals surface area contributed by atoms with Gasteiger partial charge in [0.15, 0.2) is 0 Å². The van der Waals surface area contributed by atoms with E-state index in [1.165, 1.54) is 12.1 Å². The van der Waals surface area contributed by atoms with Gasteiger partial charge in [-0.05, 0) is 37.1 Å². The fourth-order valence-corrected chi connectivity index (χ4v) is 1.53. The minimum absolute atomic E-state index is 0.169. The first-order valence-electron chi connectivity index (χ1n) is 6.28. The lowest BCUT2D eigenvalue weighted by Crippen LogP contribution is -2.19. The number of nitrogens with one attached hydrogen (secondary N) is 1. The molecule has 1 atom stereocenters. The quantitative estimate of drug-likeness (QED) is 0.785. The van der Waals surface area contributed by atoms with Crippen molar-refractivity contribution in [1.82, 2.24) is 5.32 Å². The molecule has 102 valence electrons. The highest BCUT2D eigenvalue weighted by Crippen LogP contribution is 2.16. The van der Waals surface area contributed by atoms with Gasteiger partial charge in [-0.25, -0.2) is 4.39 Å². The molecule has 0 aliphatic carbocycles. The number of benzene rings is 1. The molecule has 3 nitrogen and oxygen atoms in total. The van der Waals surface area contributed by atoms with Crippen LogP contribution in [0.4, 0.5) is 4.39 Å². The Hall–Kier alpha value is -1.13. The van der Waals surface area contributed by atoms with Crippen LogP contribution in [0.5, 0.6) is 5.75 Å². The van der Waals surface area contributed by atoms with Gasteiger partial charge in [0.25, 0.3) is 0 Å². The third-order valence-electron chi connectivity index (χ3n) is 2.30. The van der Waals surface area contributed by atoms with Crippen molar-refractivity contribution in [2.75, 3.05) is 13.2 Å². The van der Waals surface area contributed by atoms with Gasteiger partial charge in [-0.2, -0.15) is 0 Å². The van der Waals surface area contributed by atoms with E-state index < -0.39 is 6.10 Å². The number of hydrogen-bond donors (Lipinski definition) is 2. The lowest BCUT2D eigenvalue weighted by Gasteiger charge is -2.11. The van der Waals surface area contributed by atoms with Crippen LogP contribution in [0.1, 0.15) is 26.3 Å². The van der Waals surface area contributed by atoms with Gasteiger partial charge in [0.1, 0.15) is 18.2 Å². The van der Waals surface area contributed by atoms with Gasteiger partial charge in [0.2, 0.25) is 0 Å². The van der Waals surface area contributed by atoms with Gasteiger partial charge in [-0.1, -0.05) is 13.8 Å². The van der Waals surface area contributed by atoms with E-state index in [0.29, 0.717) is 18.2 Å². The number of aliphatic hydroxyl groups excluding tert-OH is 1. The standard InChI is InChI=1S/C14H22FNO2/c1-10(2)7-16-8-12-4-13(15)6-14(5-12)18-9-11(3)17/h4-6,10-11,16-17H,7-9H2,1-3H3. The van der Waals surface area contributed by atoms with E-state index in [4.69, 9.17) is 9.84 Å². The topological polar surface area (TPSA) is 41.5 Å². The van der Waals surface area contributed by atoms with Gasteiger partial charge < -0.3 is 15.2 Å². The number of hydrogen-bond acceptors (Lipinski definition) is 3. The van der Waals surface area contributed by atoms with Gasteiger partial charge >= 0.3 is 0 Å². The van der Waals surface area contributed by atoms with Crippen LogP contribution in [0.3, 0.4) is 0 Å². The van der Waals surface area contributed by atoms with E-state index >= 15 is 0 Å². The summed E-state index contributed by atoms with van der Waals surface area (Å²) >= 11 is 0. The molecule has 1 aromatic carbocycles. The summed E-state index contributed by atoms with van der Waals surface area (Å²) in [5.41, 5.74) is 0.844. The van der Waals surface area contributed by atoms with Gasteiger partial charge in [-0.3, -0.25) is 0 Å². The molecule has 0 saturated heterocycles. The molecule has 2 N–H and O–H groups in total. The SMILES string of the molecule is CC(C)CNCc1cc(F)cc(OCC(C)O)c1. The summed E-state index contributed by atoms with van der Waals surface area (Å²) in [7, 11) is 0. The van der Waals surface area contributed by atoms with E-state index in [9.17, 15) is 4.39 Å². The predicted molar refractivity (Wildman–Crippen MR) is 70.1 cm³/mol. The summed E-state index contributed by atoms with van der Waals surface area (Å²) in [5, 5.41) is 12.4. The van der Waals surface area contributed by atoms with Crippen molar-refractivity contribution in [2.45, 2.75) is 33.4 Å². The highest BCUT2D eigenvalue weighted by Gasteiger charge is 2.04. The molecule has 0 aliphatic rings. The summed E-state index contributed by atoms with van der Waals surface area (Å²) in [4.78, 5) is 0. The molecule has 0 spiro atoms. The Morgan fingerprint density at radius 3 is 2.61 bits per heavy atom. The maximum atomic E-state index is 13.4. The molecule has 0 heterocycles.